The topological polar surface area (TPSA) is 82.2 Å². The van der Waals surface area contributed by atoms with Crippen molar-refractivity contribution in [3.63, 3.8) is 0 Å². The van der Waals surface area contributed by atoms with Crippen molar-refractivity contribution in [3.8, 4) is 0 Å². The van der Waals surface area contributed by atoms with Crippen molar-refractivity contribution < 1.29 is 4.79 Å². The van der Waals surface area contributed by atoms with Crippen LogP contribution in [0.1, 0.15) is 22.3 Å². The van der Waals surface area contributed by atoms with Gasteiger partial charge in [0.15, 0.2) is 11.4 Å². The number of Topliss-reactive ketones (excluding diaryl/α,β-unsaturated/α-hetero) is 1. The molecule has 0 radical (unpaired) electrons. The Morgan fingerprint density at radius 3 is 2.68 bits per heavy atom. The highest BCUT2D eigenvalue weighted by Gasteiger charge is 2.25. The maximum absolute atomic E-state index is 12.5. The van der Waals surface area contributed by atoms with E-state index in [0.29, 0.717) is 35.4 Å². The molecule has 1 fully saturated rings. The molecule has 0 aromatic carbocycles. The Kier molecular flexibility index (Phi) is 2.97. The van der Waals surface area contributed by atoms with Crippen LogP contribution in [0.3, 0.4) is 0 Å². The van der Waals surface area contributed by atoms with Crippen molar-refractivity contribution in [1.29, 1.82) is 0 Å². The molecule has 0 bridgehead atoms. The maximum atomic E-state index is 12.5. The van der Waals surface area contributed by atoms with E-state index in [0.717, 1.165) is 31.7 Å². The molecule has 0 atom stereocenters. The SMILES string of the molecule is CN1CCN(c2nc3ncc4c(c3c(=O)[nH]2)CCC4=O)CC1. The van der Waals surface area contributed by atoms with E-state index < -0.39 is 0 Å². The van der Waals surface area contributed by atoms with Gasteiger partial charge in [-0.05, 0) is 19.0 Å². The van der Waals surface area contributed by atoms with E-state index in [2.05, 4.69) is 31.8 Å². The second-order valence-corrected chi connectivity index (χ2v) is 5.95. The predicted molar refractivity (Wildman–Crippen MR) is 82.5 cm³/mol. The van der Waals surface area contributed by atoms with Crippen molar-refractivity contribution in [2.45, 2.75) is 12.8 Å². The molecule has 1 N–H and O–H groups in total. The lowest BCUT2D eigenvalue weighted by molar-refractivity contribution is 0.0994. The number of hydrogen-bond donors (Lipinski definition) is 1. The average molecular weight is 299 g/mol. The quantitative estimate of drug-likeness (QED) is 0.810. The van der Waals surface area contributed by atoms with Crippen LogP contribution in [0.4, 0.5) is 5.95 Å². The Morgan fingerprint density at radius 1 is 1.14 bits per heavy atom. The van der Waals surface area contributed by atoms with E-state index in [1.54, 1.807) is 6.20 Å². The number of carbonyl (C=O) groups excluding carboxylic acids is 1. The van der Waals surface area contributed by atoms with Gasteiger partial charge < -0.3 is 9.80 Å². The first-order chi connectivity index (χ1) is 10.6. The van der Waals surface area contributed by atoms with Gasteiger partial charge in [-0.2, -0.15) is 4.98 Å². The summed E-state index contributed by atoms with van der Waals surface area (Å²) >= 11 is 0. The minimum absolute atomic E-state index is 0.0620. The third kappa shape index (κ3) is 2.00. The van der Waals surface area contributed by atoms with E-state index in [1.165, 1.54) is 0 Å². The Bertz CT molecular complexity index is 821. The molecule has 0 amide bonds. The van der Waals surface area contributed by atoms with Gasteiger partial charge >= 0.3 is 0 Å². The van der Waals surface area contributed by atoms with Crippen molar-refractivity contribution in [2.75, 3.05) is 38.1 Å². The number of nitrogens with zero attached hydrogens (tertiary/aromatic N) is 4. The molecule has 1 saturated heterocycles. The number of ketones is 1. The third-order valence-electron chi connectivity index (χ3n) is 4.54. The Labute approximate surface area is 127 Å². The molecule has 3 heterocycles. The second kappa shape index (κ2) is 4.88. The molecular formula is C15H17N5O2. The van der Waals surface area contributed by atoms with E-state index in [9.17, 15) is 9.59 Å². The highest BCUT2D eigenvalue weighted by atomic mass is 16.1. The Balaban J connectivity index is 1.82. The van der Waals surface area contributed by atoms with Crippen molar-refractivity contribution in [2.24, 2.45) is 0 Å². The smallest absolute Gasteiger partial charge is 0.262 e. The van der Waals surface area contributed by atoms with E-state index in [4.69, 9.17) is 0 Å². The number of pyridine rings is 1. The van der Waals surface area contributed by atoms with Gasteiger partial charge in [0.2, 0.25) is 5.95 Å². The number of rotatable bonds is 1. The number of fused-ring (bicyclic) bond motifs is 3. The Morgan fingerprint density at radius 2 is 1.91 bits per heavy atom. The van der Waals surface area contributed by atoms with Gasteiger partial charge in [-0.25, -0.2) is 4.98 Å². The average Bonchev–Trinajstić information content (AvgIpc) is 2.89. The molecule has 114 valence electrons. The molecule has 22 heavy (non-hydrogen) atoms. The summed E-state index contributed by atoms with van der Waals surface area (Å²) < 4.78 is 0. The lowest BCUT2D eigenvalue weighted by Crippen LogP contribution is -2.45. The minimum Gasteiger partial charge on any atom is -0.340 e. The molecule has 1 aliphatic heterocycles. The second-order valence-electron chi connectivity index (χ2n) is 5.95. The number of aryl methyl sites for hydroxylation is 1. The summed E-state index contributed by atoms with van der Waals surface area (Å²) in [5.41, 5.74) is 1.62. The van der Waals surface area contributed by atoms with Gasteiger partial charge in [0.05, 0.1) is 5.39 Å². The highest BCUT2D eigenvalue weighted by molar-refractivity contribution is 6.04. The number of carbonyl (C=O) groups is 1. The molecule has 2 aromatic rings. The summed E-state index contributed by atoms with van der Waals surface area (Å²) in [6, 6.07) is 0. The first-order valence-electron chi connectivity index (χ1n) is 7.52. The van der Waals surface area contributed by atoms with Crippen LogP contribution in [0.2, 0.25) is 0 Å². The number of H-pyrrole nitrogens is 1. The summed E-state index contributed by atoms with van der Waals surface area (Å²) in [6.45, 7) is 3.53. The number of hydrogen-bond acceptors (Lipinski definition) is 6. The number of aromatic nitrogens is 3. The lowest BCUT2D eigenvalue weighted by Gasteiger charge is -2.32. The van der Waals surface area contributed by atoms with Crippen LogP contribution in [-0.2, 0) is 6.42 Å². The fourth-order valence-corrected chi connectivity index (χ4v) is 3.19. The van der Waals surface area contributed by atoms with Crippen molar-refractivity contribution in [3.05, 3.63) is 27.7 Å². The molecule has 0 saturated carbocycles. The largest absolute Gasteiger partial charge is 0.340 e. The number of likely N-dealkylation sites (N-methyl/N-ethyl adjacent to an activating group) is 1. The molecule has 7 nitrogen and oxygen atoms in total. The van der Waals surface area contributed by atoms with Gasteiger partial charge in [0.1, 0.15) is 0 Å². The summed E-state index contributed by atoms with van der Waals surface area (Å²) in [5.74, 6) is 0.634. The van der Waals surface area contributed by atoms with E-state index in [-0.39, 0.29) is 11.3 Å². The fourth-order valence-electron chi connectivity index (χ4n) is 3.19. The van der Waals surface area contributed by atoms with Crippen molar-refractivity contribution >= 4 is 22.8 Å². The van der Waals surface area contributed by atoms with Gasteiger partial charge in [-0.3, -0.25) is 14.6 Å². The molecule has 4 rings (SSSR count). The molecule has 2 aliphatic rings. The first kappa shape index (κ1) is 13.4. The minimum atomic E-state index is -0.196. The van der Waals surface area contributed by atoms with Crippen LogP contribution < -0.4 is 10.5 Å². The van der Waals surface area contributed by atoms with E-state index >= 15 is 0 Å². The van der Waals surface area contributed by atoms with Gasteiger partial charge in [-0.15, -0.1) is 0 Å². The number of piperazine rings is 1. The van der Waals surface area contributed by atoms with Crippen LogP contribution >= 0.6 is 0 Å². The Hall–Kier alpha value is -2.28. The van der Waals surface area contributed by atoms with Crippen LogP contribution in [0, 0.1) is 0 Å². The molecular weight excluding hydrogens is 282 g/mol. The van der Waals surface area contributed by atoms with Crippen LogP contribution in [0.25, 0.3) is 11.0 Å². The highest BCUT2D eigenvalue weighted by Crippen LogP contribution is 2.26. The summed E-state index contributed by atoms with van der Waals surface area (Å²) in [6.07, 6.45) is 2.62. The maximum Gasteiger partial charge on any atom is 0.262 e. The molecule has 2 aromatic heterocycles. The van der Waals surface area contributed by atoms with Crippen LogP contribution in [-0.4, -0.2) is 58.9 Å². The number of nitrogens with one attached hydrogen (secondary N) is 1. The van der Waals surface area contributed by atoms with E-state index in [1.807, 2.05) is 0 Å². The zero-order chi connectivity index (χ0) is 15.3. The first-order valence-corrected chi connectivity index (χ1v) is 7.52. The van der Waals surface area contributed by atoms with Crippen LogP contribution in [0.5, 0.6) is 0 Å². The summed E-state index contributed by atoms with van der Waals surface area (Å²) in [5, 5.41) is 0.473. The third-order valence-corrected chi connectivity index (χ3v) is 4.54. The summed E-state index contributed by atoms with van der Waals surface area (Å²) in [7, 11) is 2.08. The summed E-state index contributed by atoms with van der Waals surface area (Å²) in [4.78, 5) is 40.2. The van der Waals surface area contributed by atoms with Crippen molar-refractivity contribution in [1.82, 2.24) is 19.9 Å². The normalized spacial score (nSPS) is 19.0. The predicted octanol–water partition coefficient (Wildman–Crippen LogP) is 0.199. The molecule has 1 aliphatic carbocycles. The number of anilines is 1. The van der Waals surface area contributed by atoms with Crippen LogP contribution in [0.15, 0.2) is 11.0 Å². The fraction of sp³-hybridized carbons (Fsp3) is 0.467. The standard InChI is InChI=1S/C15H17N5O2/c1-19-4-6-20(7-5-19)15-17-13-12(14(22)18-15)9-2-3-11(21)10(9)8-16-13/h8H,2-7H2,1H3,(H,16,17,18,22). The molecule has 7 heteroatoms. The van der Waals surface area contributed by atoms with Gasteiger partial charge in [0.25, 0.3) is 5.56 Å². The monoisotopic (exact) mass is 299 g/mol. The number of aromatic amines is 1. The van der Waals surface area contributed by atoms with Gasteiger partial charge in [0, 0.05) is 44.4 Å². The zero-order valence-corrected chi connectivity index (χ0v) is 12.4. The van der Waals surface area contributed by atoms with Gasteiger partial charge in [-0.1, -0.05) is 0 Å². The zero-order valence-electron chi connectivity index (χ0n) is 12.4. The lowest BCUT2D eigenvalue weighted by atomic mass is 10.1. The molecule has 0 spiro atoms. The molecule has 0 unspecified atom stereocenters.